The maximum Gasteiger partial charge on any atom is 0.319 e. The van der Waals surface area contributed by atoms with E-state index in [1.54, 1.807) is 6.07 Å². The number of nitrogens with one attached hydrogen (secondary N) is 1. The van der Waals surface area contributed by atoms with Crippen molar-refractivity contribution in [3.8, 4) is 5.88 Å². The van der Waals surface area contributed by atoms with Crippen LogP contribution in [-0.2, 0) is 6.54 Å². The Bertz CT molecular complexity index is 516. The van der Waals surface area contributed by atoms with Crippen molar-refractivity contribution in [2.24, 2.45) is 0 Å². The van der Waals surface area contributed by atoms with Crippen LogP contribution in [0.5, 0.6) is 5.88 Å². The van der Waals surface area contributed by atoms with Gasteiger partial charge >= 0.3 is 6.55 Å². The Kier molecular flexibility index (Phi) is 3.66. The zero-order chi connectivity index (χ0) is 13.0. The highest BCUT2D eigenvalue weighted by molar-refractivity contribution is 5.27. The molecule has 1 N–H and O–H groups in total. The normalized spacial score (nSPS) is 10.7. The Morgan fingerprint density at radius 3 is 2.94 bits per heavy atom. The highest BCUT2D eigenvalue weighted by atomic mass is 19.3. The average molecular weight is 255 g/mol. The number of alkyl halides is 2. The number of hydrogen-bond donors (Lipinski definition) is 1. The molecule has 0 amide bonds. The van der Waals surface area contributed by atoms with Gasteiger partial charge in [0.05, 0.1) is 13.7 Å². The molecule has 0 fully saturated rings. The van der Waals surface area contributed by atoms with Crippen molar-refractivity contribution in [3.05, 3.63) is 30.5 Å². The first kappa shape index (κ1) is 12.2. The fourth-order valence-electron chi connectivity index (χ4n) is 1.36. The maximum absolute atomic E-state index is 12.5. The van der Waals surface area contributed by atoms with Crippen molar-refractivity contribution in [1.29, 1.82) is 0 Å². The van der Waals surface area contributed by atoms with Gasteiger partial charge in [0.25, 0.3) is 0 Å². The smallest absolute Gasteiger partial charge is 0.319 e. The predicted octanol–water partition coefficient (Wildman–Crippen LogP) is 1.69. The molecule has 0 atom stereocenters. The van der Waals surface area contributed by atoms with Gasteiger partial charge in [0.15, 0.2) is 0 Å². The number of nitrogens with zero attached hydrogens (tertiary/aromatic N) is 4. The van der Waals surface area contributed by atoms with Gasteiger partial charge in [0.1, 0.15) is 5.82 Å². The van der Waals surface area contributed by atoms with Crippen LogP contribution in [0.15, 0.2) is 24.7 Å². The molecule has 2 rings (SSSR count). The molecule has 0 aliphatic rings. The van der Waals surface area contributed by atoms with E-state index in [0.29, 0.717) is 5.88 Å². The number of imidazole rings is 1. The van der Waals surface area contributed by atoms with Crippen LogP contribution in [0.1, 0.15) is 12.4 Å². The van der Waals surface area contributed by atoms with Crippen LogP contribution in [0, 0.1) is 0 Å². The van der Waals surface area contributed by atoms with Gasteiger partial charge in [-0.15, -0.1) is 0 Å². The number of ether oxygens (including phenoxy) is 1. The molecule has 8 heteroatoms. The second-order valence-corrected chi connectivity index (χ2v) is 3.30. The Morgan fingerprint density at radius 1 is 1.39 bits per heavy atom. The van der Waals surface area contributed by atoms with E-state index >= 15 is 0 Å². The second kappa shape index (κ2) is 5.39. The number of aromatic nitrogens is 4. The number of halogens is 2. The number of methoxy groups -OCH3 is 1. The van der Waals surface area contributed by atoms with Gasteiger partial charge in [-0.3, -0.25) is 4.57 Å². The van der Waals surface area contributed by atoms with Crippen molar-refractivity contribution in [2.75, 3.05) is 12.4 Å². The predicted molar refractivity (Wildman–Crippen MR) is 59.4 cm³/mol. The van der Waals surface area contributed by atoms with E-state index in [4.69, 9.17) is 4.74 Å². The summed E-state index contributed by atoms with van der Waals surface area (Å²) >= 11 is 0. The molecule has 0 radical (unpaired) electrons. The minimum atomic E-state index is -2.62. The summed E-state index contributed by atoms with van der Waals surface area (Å²) in [6, 6.07) is 1.59. The quantitative estimate of drug-likeness (QED) is 0.880. The molecule has 0 bridgehead atoms. The van der Waals surface area contributed by atoms with E-state index < -0.39 is 6.55 Å². The first-order valence-electron chi connectivity index (χ1n) is 5.11. The number of hydrogen-bond acceptors (Lipinski definition) is 5. The Hall–Kier alpha value is -2.25. The molecule has 96 valence electrons. The van der Waals surface area contributed by atoms with Crippen LogP contribution in [0.25, 0.3) is 0 Å². The Balaban J connectivity index is 2.04. The zero-order valence-electron chi connectivity index (χ0n) is 9.55. The highest BCUT2D eigenvalue weighted by Crippen LogP contribution is 2.13. The van der Waals surface area contributed by atoms with Crippen LogP contribution >= 0.6 is 0 Å². The van der Waals surface area contributed by atoms with Gasteiger partial charge < -0.3 is 10.1 Å². The molecule has 0 unspecified atom stereocenters. The number of anilines is 1. The summed E-state index contributed by atoms with van der Waals surface area (Å²) in [5.74, 6) is 0.888. The summed E-state index contributed by atoms with van der Waals surface area (Å²) in [5, 5.41) is 2.80. The van der Waals surface area contributed by atoms with E-state index in [1.165, 1.54) is 25.7 Å². The van der Waals surface area contributed by atoms with E-state index in [2.05, 4.69) is 20.3 Å². The van der Waals surface area contributed by atoms with Gasteiger partial charge in [-0.25, -0.2) is 9.97 Å². The zero-order valence-corrected chi connectivity index (χ0v) is 9.55. The maximum atomic E-state index is 12.5. The van der Waals surface area contributed by atoms with Gasteiger partial charge in [-0.05, 0) is 0 Å². The van der Waals surface area contributed by atoms with Gasteiger partial charge in [-0.1, -0.05) is 0 Å². The van der Waals surface area contributed by atoms with E-state index in [-0.39, 0.29) is 18.3 Å². The third-order valence-corrected chi connectivity index (χ3v) is 2.20. The fourth-order valence-corrected chi connectivity index (χ4v) is 1.36. The van der Waals surface area contributed by atoms with Gasteiger partial charge in [-0.2, -0.15) is 13.8 Å². The fraction of sp³-hybridized carbons (Fsp3) is 0.300. The van der Waals surface area contributed by atoms with Crippen LogP contribution in [0.2, 0.25) is 0 Å². The highest BCUT2D eigenvalue weighted by Gasteiger charge is 2.11. The molecule has 0 saturated heterocycles. The summed E-state index contributed by atoms with van der Waals surface area (Å²) in [6.07, 6.45) is 4.04. The first-order valence-corrected chi connectivity index (χ1v) is 5.11. The molecule has 2 aromatic heterocycles. The van der Waals surface area contributed by atoms with Crippen molar-refractivity contribution in [2.45, 2.75) is 13.1 Å². The standard InChI is InChI=1S/C10H11F2N5O/c1-18-8-2-3-14-10(16-8)15-6-7-13-4-5-17(7)9(11)12/h2-5,9H,6H2,1H3,(H,14,15,16). The molecule has 0 spiro atoms. The summed E-state index contributed by atoms with van der Waals surface area (Å²) < 4.78 is 30.8. The van der Waals surface area contributed by atoms with Gasteiger partial charge in [0, 0.05) is 24.7 Å². The van der Waals surface area contributed by atoms with Crippen LogP contribution in [0.4, 0.5) is 14.7 Å². The van der Waals surface area contributed by atoms with Gasteiger partial charge in [0.2, 0.25) is 11.8 Å². The van der Waals surface area contributed by atoms with E-state index in [9.17, 15) is 8.78 Å². The lowest BCUT2D eigenvalue weighted by atomic mass is 10.5. The molecular weight excluding hydrogens is 244 g/mol. The third-order valence-electron chi connectivity index (χ3n) is 2.20. The molecule has 0 aromatic carbocycles. The van der Waals surface area contributed by atoms with E-state index in [0.717, 1.165) is 4.57 Å². The largest absolute Gasteiger partial charge is 0.481 e. The van der Waals surface area contributed by atoms with Crippen LogP contribution < -0.4 is 10.1 Å². The molecule has 0 aliphatic heterocycles. The molecule has 6 nitrogen and oxygen atoms in total. The van der Waals surface area contributed by atoms with Crippen molar-refractivity contribution in [1.82, 2.24) is 19.5 Å². The second-order valence-electron chi connectivity index (χ2n) is 3.30. The summed E-state index contributed by atoms with van der Waals surface area (Å²) in [7, 11) is 1.48. The number of rotatable bonds is 5. The van der Waals surface area contributed by atoms with Crippen LogP contribution in [-0.4, -0.2) is 26.6 Å². The molecule has 2 heterocycles. The minimum Gasteiger partial charge on any atom is -0.481 e. The van der Waals surface area contributed by atoms with Crippen molar-refractivity contribution < 1.29 is 13.5 Å². The first-order chi connectivity index (χ1) is 8.70. The molecule has 18 heavy (non-hydrogen) atoms. The lowest BCUT2D eigenvalue weighted by Crippen LogP contribution is -2.10. The lowest BCUT2D eigenvalue weighted by molar-refractivity contribution is 0.0672. The molecule has 0 aliphatic carbocycles. The van der Waals surface area contributed by atoms with E-state index in [1.807, 2.05) is 0 Å². The summed E-state index contributed by atoms with van der Waals surface area (Å²) in [5.41, 5.74) is 0. The SMILES string of the molecule is COc1ccnc(NCc2nccn2C(F)F)n1. The molecular formula is C10H11F2N5O. The average Bonchev–Trinajstić information content (AvgIpc) is 2.85. The third kappa shape index (κ3) is 2.70. The van der Waals surface area contributed by atoms with Crippen LogP contribution in [0.3, 0.4) is 0 Å². The Morgan fingerprint density at radius 2 is 2.22 bits per heavy atom. The monoisotopic (exact) mass is 255 g/mol. The molecule has 2 aromatic rings. The van der Waals surface area contributed by atoms with Crippen molar-refractivity contribution in [3.63, 3.8) is 0 Å². The minimum absolute atomic E-state index is 0.102. The summed E-state index contributed by atoms with van der Waals surface area (Å²) in [4.78, 5) is 11.8. The van der Waals surface area contributed by atoms with Crippen molar-refractivity contribution >= 4 is 5.95 Å². The molecule has 0 saturated carbocycles. The lowest BCUT2D eigenvalue weighted by Gasteiger charge is -2.08. The summed E-state index contributed by atoms with van der Waals surface area (Å²) in [6.45, 7) is -2.51. The Labute approximate surface area is 102 Å². The topological polar surface area (TPSA) is 64.9 Å².